The monoisotopic (exact) mass is 419 g/mol. The summed E-state index contributed by atoms with van der Waals surface area (Å²) in [5.74, 6) is -1.36. The molecule has 0 saturated carbocycles. The van der Waals surface area contributed by atoms with E-state index in [9.17, 15) is 18.0 Å². The summed E-state index contributed by atoms with van der Waals surface area (Å²) >= 11 is 0. The molecule has 1 fully saturated rings. The molecule has 0 aliphatic carbocycles. The fourth-order valence-corrected chi connectivity index (χ4v) is 4.09. The molecule has 3 rings (SSSR count). The van der Waals surface area contributed by atoms with Gasteiger partial charge in [-0.25, -0.2) is 4.72 Å². The van der Waals surface area contributed by atoms with E-state index >= 15 is 0 Å². The van der Waals surface area contributed by atoms with E-state index in [0.29, 0.717) is 19.4 Å². The van der Waals surface area contributed by atoms with Crippen LogP contribution in [0.3, 0.4) is 0 Å². The summed E-state index contributed by atoms with van der Waals surface area (Å²) in [6.45, 7) is 3.76. The number of aryl methyl sites for hydroxylation is 1. The van der Waals surface area contributed by atoms with Gasteiger partial charge < -0.3 is 14.6 Å². The molecule has 2 N–H and O–H groups in total. The van der Waals surface area contributed by atoms with Crippen molar-refractivity contribution in [3.05, 3.63) is 53.3 Å². The topological polar surface area (TPSA) is 109 Å². The van der Waals surface area contributed by atoms with Crippen LogP contribution in [-0.2, 0) is 21.4 Å². The van der Waals surface area contributed by atoms with Crippen molar-refractivity contribution in [2.45, 2.75) is 31.4 Å². The Kier molecular flexibility index (Phi) is 6.39. The Labute approximate surface area is 170 Å². The van der Waals surface area contributed by atoms with Gasteiger partial charge in [0.2, 0.25) is 11.0 Å². The molecule has 1 saturated heterocycles. The van der Waals surface area contributed by atoms with Gasteiger partial charge in [-0.05, 0) is 45.5 Å². The quantitative estimate of drug-likeness (QED) is 0.737. The molecule has 1 aliphatic heterocycles. The minimum atomic E-state index is -4.17. The number of furan rings is 1. The van der Waals surface area contributed by atoms with Gasteiger partial charge in [-0.1, -0.05) is 29.8 Å². The number of rotatable bonds is 6. The Bertz CT molecular complexity index is 974. The van der Waals surface area contributed by atoms with Crippen LogP contribution in [0.5, 0.6) is 0 Å². The molecule has 1 aliphatic rings. The number of amides is 2. The van der Waals surface area contributed by atoms with Crippen molar-refractivity contribution in [2.75, 3.05) is 20.1 Å². The van der Waals surface area contributed by atoms with Crippen LogP contribution in [0.25, 0.3) is 0 Å². The van der Waals surface area contributed by atoms with E-state index in [1.165, 1.54) is 0 Å². The van der Waals surface area contributed by atoms with E-state index in [-0.39, 0.29) is 11.5 Å². The second-order valence-electron chi connectivity index (χ2n) is 7.37. The second kappa shape index (κ2) is 8.79. The molecule has 9 heteroatoms. The number of hydrogen-bond acceptors (Lipinski definition) is 6. The second-order valence-corrected chi connectivity index (χ2v) is 8.98. The Morgan fingerprint density at radius 1 is 1.17 bits per heavy atom. The number of nitrogens with zero attached hydrogens (tertiary/aromatic N) is 1. The van der Waals surface area contributed by atoms with Gasteiger partial charge in [0, 0.05) is 18.5 Å². The van der Waals surface area contributed by atoms with Gasteiger partial charge in [0.15, 0.2) is 0 Å². The van der Waals surface area contributed by atoms with Crippen LogP contribution < -0.4 is 10.0 Å². The third kappa shape index (κ3) is 5.45. The molecular formula is C20H25N3O5S. The molecule has 0 bridgehead atoms. The van der Waals surface area contributed by atoms with Gasteiger partial charge in [-0.3, -0.25) is 9.59 Å². The number of benzene rings is 1. The molecule has 0 spiro atoms. The first-order valence-electron chi connectivity index (χ1n) is 9.42. The van der Waals surface area contributed by atoms with Gasteiger partial charge in [-0.2, -0.15) is 8.42 Å². The van der Waals surface area contributed by atoms with Crippen LogP contribution in [0.15, 0.2) is 46.1 Å². The molecule has 1 aromatic heterocycles. The fraction of sp³-hybridized carbons (Fsp3) is 0.400. The van der Waals surface area contributed by atoms with Gasteiger partial charge >= 0.3 is 0 Å². The Morgan fingerprint density at radius 2 is 1.83 bits per heavy atom. The first kappa shape index (κ1) is 21.1. The Balaban J connectivity index is 1.59. The normalized spacial score (nSPS) is 15.8. The van der Waals surface area contributed by atoms with Crippen molar-refractivity contribution in [2.24, 2.45) is 5.92 Å². The van der Waals surface area contributed by atoms with Gasteiger partial charge in [0.1, 0.15) is 6.26 Å². The third-order valence-corrected chi connectivity index (χ3v) is 6.21. The van der Waals surface area contributed by atoms with Crippen molar-refractivity contribution in [1.82, 2.24) is 14.9 Å². The molecule has 0 atom stereocenters. The first-order valence-corrected chi connectivity index (χ1v) is 10.9. The van der Waals surface area contributed by atoms with E-state index in [4.69, 9.17) is 4.42 Å². The van der Waals surface area contributed by atoms with Crippen molar-refractivity contribution in [3.8, 4) is 0 Å². The summed E-state index contributed by atoms with van der Waals surface area (Å²) in [6.07, 6.45) is 2.27. The maximum absolute atomic E-state index is 12.4. The summed E-state index contributed by atoms with van der Waals surface area (Å²) in [4.78, 5) is 26.6. The largest absolute Gasteiger partial charge is 0.450 e. The molecule has 156 valence electrons. The van der Waals surface area contributed by atoms with Crippen molar-refractivity contribution >= 4 is 21.8 Å². The van der Waals surface area contributed by atoms with E-state index in [2.05, 4.69) is 14.9 Å². The third-order valence-electron chi connectivity index (χ3n) is 5.00. The molecule has 2 heterocycles. The Morgan fingerprint density at radius 3 is 2.48 bits per heavy atom. The molecular weight excluding hydrogens is 394 g/mol. The number of carbonyl (C=O) groups excluding carboxylic acids is 2. The highest BCUT2D eigenvalue weighted by atomic mass is 32.2. The molecule has 29 heavy (non-hydrogen) atoms. The maximum atomic E-state index is 12.4. The number of likely N-dealkylation sites (tertiary alicyclic amines) is 1. The van der Waals surface area contributed by atoms with Crippen molar-refractivity contribution in [1.29, 1.82) is 0 Å². The summed E-state index contributed by atoms with van der Waals surface area (Å²) in [6, 6.07) is 8.81. The van der Waals surface area contributed by atoms with E-state index in [0.717, 1.165) is 36.5 Å². The zero-order chi connectivity index (χ0) is 21.0. The van der Waals surface area contributed by atoms with Crippen molar-refractivity contribution in [3.63, 3.8) is 0 Å². The van der Waals surface area contributed by atoms with Crippen LogP contribution in [-0.4, -0.2) is 45.3 Å². The van der Waals surface area contributed by atoms with Gasteiger partial charge in [0.05, 0.1) is 5.56 Å². The SMILES string of the molecule is Cc1ccc(CNC(=O)c2coc(S(=O)(=O)NC(=O)C3CCN(C)CC3)c2)cc1. The lowest BCUT2D eigenvalue weighted by Crippen LogP contribution is -2.41. The van der Waals surface area contributed by atoms with Crippen LogP contribution in [0.4, 0.5) is 0 Å². The maximum Gasteiger partial charge on any atom is 0.297 e. The van der Waals surface area contributed by atoms with E-state index in [1.54, 1.807) is 0 Å². The lowest BCUT2D eigenvalue weighted by atomic mass is 9.97. The minimum Gasteiger partial charge on any atom is -0.450 e. The smallest absolute Gasteiger partial charge is 0.297 e. The molecule has 2 aromatic rings. The van der Waals surface area contributed by atoms with Crippen LogP contribution in [0.2, 0.25) is 0 Å². The minimum absolute atomic E-state index is 0.0734. The van der Waals surface area contributed by atoms with Gasteiger partial charge in [0.25, 0.3) is 15.9 Å². The lowest BCUT2D eigenvalue weighted by molar-refractivity contribution is -0.124. The molecule has 8 nitrogen and oxygen atoms in total. The number of sulfonamides is 1. The summed E-state index contributed by atoms with van der Waals surface area (Å²) < 4.78 is 32.0. The molecule has 0 radical (unpaired) electrons. The Hall–Kier alpha value is -2.65. The number of hydrogen-bond donors (Lipinski definition) is 2. The highest BCUT2D eigenvalue weighted by Gasteiger charge is 2.29. The van der Waals surface area contributed by atoms with E-state index < -0.39 is 26.9 Å². The molecule has 2 amide bonds. The van der Waals surface area contributed by atoms with Gasteiger partial charge in [-0.15, -0.1) is 0 Å². The summed E-state index contributed by atoms with van der Waals surface area (Å²) in [7, 11) is -2.21. The van der Waals surface area contributed by atoms with Crippen LogP contribution in [0.1, 0.15) is 34.3 Å². The average molecular weight is 420 g/mol. The van der Waals surface area contributed by atoms with E-state index in [1.807, 2.05) is 38.2 Å². The summed E-state index contributed by atoms with van der Waals surface area (Å²) in [5.41, 5.74) is 2.11. The summed E-state index contributed by atoms with van der Waals surface area (Å²) in [5, 5.41) is 2.25. The number of carbonyl (C=O) groups is 2. The van der Waals surface area contributed by atoms with Crippen molar-refractivity contribution < 1.29 is 22.4 Å². The average Bonchev–Trinajstić information content (AvgIpc) is 3.19. The predicted molar refractivity (Wildman–Crippen MR) is 107 cm³/mol. The van der Waals surface area contributed by atoms with Crippen LogP contribution in [0, 0.1) is 12.8 Å². The molecule has 0 unspecified atom stereocenters. The first-order chi connectivity index (χ1) is 13.7. The molecule has 1 aromatic carbocycles. The standard InChI is InChI=1S/C20H25N3O5S/c1-14-3-5-15(6-4-14)12-21-19(24)17-11-18(28-13-17)29(26,27)22-20(25)16-7-9-23(2)10-8-16/h3-6,11,13,16H,7-10,12H2,1-2H3,(H,21,24)(H,22,25). The zero-order valence-electron chi connectivity index (χ0n) is 16.5. The highest BCUT2D eigenvalue weighted by Crippen LogP contribution is 2.19. The fourth-order valence-electron chi connectivity index (χ4n) is 3.10. The lowest BCUT2D eigenvalue weighted by Gasteiger charge is -2.27. The van der Waals surface area contributed by atoms with Crippen LogP contribution >= 0.6 is 0 Å². The number of nitrogens with one attached hydrogen (secondary N) is 2. The zero-order valence-corrected chi connectivity index (χ0v) is 17.3. The predicted octanol–water partition coefficient (Wildman–Crippen LogP) is 1.66. The highest BCUT2D eigenvalue weighted by molar-refractivity contribution is 7.89. The number of piperidine rings is 1.